The van der Waals surface area contributed by atoms with Gasteiger partial charge in [0, 0.05) is 11.7 Å². The van der Waals surface area contributed by atoms with Gasteiger partial charge in [-0.05, 0) is 55.5 Å². The number of benzene rings is 2. The van der Waals surface area contributed by atoms with Crippen LogP contribution in [0.1, 0.15) is 31.4 Å². The van der Waals surface area contributed by atoms with E-state index in [1.54, 1.807) is 7.11 Å². The average molecular weight is 324 g/mol. The molecule has 0 bridgehead atoms. The molecule has 0 heterocycles. The number of methoxy groups -OCH3 is 1. The molecular formula is C20H24N2O2. The minimum atomic E-state index is -0.266. The molecule has 2 aromatic rings. The first-order chi connectivity index (χ1) is 11.7. The van der Waals surface area contributed by atoms with Crippen molar-refractivity contribution in [1.82, 2.24) is 5.32 Å². The SMILES string of the molecule is COc1ccc(NC(=O)[C@H](C)N[C@H](c2ccccc2)C2CC2)cc1. The highest BCUT2D eigenvalue weighted by atomic mass is 16.5. The first-order valence-corrected chi connectivity index (χ1v) is 8.43. The summed E-state index contributed by atoms with van der Waals surface area (Å²) in [6, 6.07) is 17.7. The molecule has 0 aromatic heterocycles. The molecule has 3 rings (SSSR count). The van der Waals surface area contributed by atoms with Gasteiger partial charge in [-0.15, -0.1) is 0 Å². The smallest absolute Gasteiger partial charge is 0.241 e. The van der Waals surface area contributed by atoms with Crippen molar-refractivity contribution in [2.24, 2.45) is 5.92 Å². The predicted octanol–water partition coefficient (Wildman–Crippen LogP) is 3.76. The van der Waals surface area contributed by atoms with Crippen molar-refractivity contribution in [3.05, 3.63) is 60.2 Å². The summed E-state index contributed by atoms with van der Waals surface area (Å²) in [6.07, 6.45) is 2.44. The maximum atomic E-state index is 12.5. The third-order valence-electron chi connectivity index (χ3n) is 4.43. The van der Waals surface area contributed by atoms with Crippen LogP contribution in [0.25, 0.3) is 0 Å². The van der Waals surface area contributed by atoms with Crippen LogP contribution in [-0.2, 0) is 4.79 Å². The van der Waals surface area contributed by atoms with Crippen LogP contribution in [-0.4, -0.2) is 19.1 Å². The van der Waals surface area contributed by atoms with Gasteiger partial charge in [0.25, 0.3) is 0 Å². The van der Waals surface area contributed by atoms with Crippen molar-refractivity contribution in [3.8, 4) is 5.75 Å². The third-order valence-corrected chi connectivity index (χ3v) is 4.43. The van der Waals surface area contributed by atoms with Crippen molar-refractivity contribution in [3.63, 3.8) is 0 Å². The Morgan fingerprint density at radius 3 is 2.33 bits per heavy atom. The van der Waals surface area contributed by atoms with Crippen molar-refractivity contribution in [2.75, 3.05) is 12.4 Å². The Kier molecular flexibility index (Phi) is 5.16. The summed E-state index contributed by atoms with van der Waals surface area (Å²) in [4.78, 5) is 12.5. The van der Waals surface area contributed by atoms with Crippen LogP contribution in [0.2, 0.25) is 0 Å². The summed E-state index contributed by atoms with van der Waals surface area (Å²) in [5, 5.41) is 6.45. The standard InChI is InChI=1S/C20H24N2O2/c1-14(20(23)22-17-10-12-18(24-2)13-11-17)21-19(16-8-9-16)15-6-4-3-5-7-15/h3-7,10-14,16,19,21H,8-9H2,1-2H3,(H,22,23)/t14-,19+/m0/s1. The van der Waals surface area contributed by atoms with Crippen LogP contribution in [0.3, 0.4) is 0 Å². The van der Waals surface area contributed by atoms with E-state index in [9.17, 15) is 4.79 Å². The van der Waals surface area contributed by atoms with Gasteiger partial charge in [0.1, 0.15) is 5.75 Å². The number of rotatable bonds is 7. The molecule has 0 aliphatic heterocycles. The van der Waals surface area contributed by atoms with Crippen LogP contribution in [0, 0.1) is 5.92 Å². The van der Waals surface area contributed by atoms with E-state index < -0.39 is 0 Å². The lowest BCUT2D eigenvalue weighted by Gasteiger charge is -2.23. The van der Waals surface area contributed by atoms with Gasteiger partial charge in [-0.1, -0.05) is 30.3 Å². The Balaban J connectivity index is 1.62. The predicted molar refractivity (Wildman–Crippen MR) is 96.1 cm³/mol. The second kappa shape index (κ2) is 7.49. The van der Waals surface area contributed by atoms with Gasteiger partial charge >= 0.3 is 0 Å². The minimum Gasteiger partial charge on any atom is -0.497 e. The van der Waals surface area contributed by atoms with Crippen LogP contribution in [0.5, 0.6) is 5.75 Å². The van der Waals surface area contributed by atoms with Crippen molar-refractivity contribution in [1.29, 1.82) is 0 Å². The largest absolute Gasteiger partial charge is 0.497 e. The minimum absolute atomic E-state index is 0.0262. The Morgan fingerprint density at radius 2 is 1.75 bits per heavy atom. The summed E-state index contributed by atoms with van der Waals surface area (Å²) in [5.41, 5.74) is 2.03. The number of ether oxygens (including phenoxy) is 1. The van der Waals surface area contributed by atoms with E-state index in [1.807, 2.05) is 37.3 Å². The molecule has 1 aliphatic rings. The van der Waals surface area contributed by atoms with E-state index in [2.05, 4.69) is 34.9 Å². The van der Waals surface area contributed by atoms with Gasteiger partial charge in [-0.25, -0.2) is 0 Å². The zero-order valence-electron chi connectivity index (χ0n) is 14.2. The molecule has 0 unspecified atom stereocenters. The zero-order chi connectivity index (χ0) is 16.9. The summed E-state index contributed by atoms with van der Waals surface area (Å²) >= 11 is 0. The summed E-state index contributed by atoms with van der Waals surface area (Å²) in [7, 11) is 1.63. The fourth-order valence-corrected chi connectivity index (χ4v) is 2.86. The molecule has 1 amide bonds. The zero-order valence-corrected chi connectivity index (χ0v) is 14.2. The van der Waals surface area contributed by atoms with Crippen LogP contribution < -0.4 is 15.4 Å². The molecule has 4 heteroatoms. The molecule has 4 nitrogen and oxygen atoms in total. The number of carbonyl (C=O) groups excluding carboxylic acids is 1. The molecule has 24 heavy (non-hydrogen) atoms. The van der Waals surface area contributed by atoms with Crippen LogP contribution in [0.4, 0.5) is 5.69 Å². The Labute approximate surface area is 143 Å². The molecule has 2 aromatic carbocycles. The van der Waals surface area contributed by atoms with Crippen molar-refractivity contribution >= 4 is 11.6 Å². The van der Waals surface area contributed by atoms with E-state index in [1.165, 1.54) is 18.4 Å². The van der Waals surface area contributed by atoms with E-state index in [0.29, 0.717) is 5.92 Å². The fraction of sp³-hybridized carbons (Fsp3) is 0.350. The van der Waals surface area contributed by atoms with Crippen LogP contribution in [0.15, 0.2) is 54.6 Å². The van der Waals surface area contributed by atoms with Gasteiger partial charge in [-0.2, -0.15) is 0 Å². The van der Waals surface area contributed by atoms with E-state index in [-0.39, 0.29) is 18.0 Å². The molecule has 2 atom stereocenters. The third kappa shape index (κ3) is 4.15. The molecule has 0 saturated heterocycles. The molecule has 1 aliphatic carbocycles. The first-order valence-electron chi connectivity index (χ1n) is 8.43. The Morgan fingerprint density at radius 1 is 1.08 bits per heavy atom. The number of hydrogen-bond acceptors (Lipinski definition) is 3. The monoisotopic (exact) mass is 324 g/mol. The lowest BCUT2D eigenvalue weighted by atomic mass is 10.0. The summed E-state index contributed by atoms with van der Waals surface area (Å²) in [6.45, 7) is 1.91. The number of carbonyl (C=O) groups is 1. The van der Waals surface area contributed by atoms with E-state index >= 15 is 0 Å². The highest BCUT2D eigenvalue weighted by molar-refractivity contribution is 5.94. The average Bonchev–Trinajstić information content (AvgIpc) is 3.45. The number of hydrogen-bond donors (Lipinski definition) is 2. The highest BCUT2D eigenvalue weighted by Gasteiger charge is 2.33. The number of amides is 1. The number of anilines is 1. The normalized spacial score (nSPS) is 16.2. The molecule has 2 N–H and O–H groups in total. The Hall–Kier alpha value is -2.33. The second-order valence-corrected chi connectivity index (χ2v) is 6.33. The lowest BCUT2D eigenvalue weighted by Crippen LogP contribution is -2.40. The molecule has 126 valence electrons. The van der Waals surface area contributed by atoms with Gasteiger partial charge in [0.2, 0.25) is 5.91 Å². The van der Waals surface area contributed by atoms with E-state index in [0.717, 1.165) is 11.4 Å². The molecule has 1 fully saturated rings. The van der Waals surface area contributed by atoms with Gasteiger partial charge in [-0.3, -0.25) is 10.1 Å². The molecule has 1 saturated carbocycles. The lowest BCUT2D eigenvalue weighted by molar-refractivity contribution is -0.118. The van der Waals surface area contributed by atoms with Gasteiger partial charge in [0.15, 0.2) is 0 Å². The molecule has 0 spiro atoms. The quantitative estimate of drug-likeness (QED) is 0.815. The van der Waals surface area contributed by atoms with Gasteiger partial charge in [0.05, 0.1) is 13.2 Å². The summed E-state index contributed by atoms with van der Waals surface area (Å²) in [5.74, 6) is 1.38. The molecular weight excluding hydrogens is 300 g/mol. The van der Waals surface area contributed by atoms with Crippen molar-refractivity contribution < 1.29 is 9.53 Å². The first kappa shape index (κ1) is 16.5. The topological polar surface area (TPSA) is 50.4 Å². The number of nitrogens with one attached hydrogen (secondary N) is 2. The molecule has 0 radical (unpaired) electrons. The maximum Gasteiger partial charge on any atom is 0.241 e. The fourth-order valence-electron chi connectivity index (χ4n) is 2.86. The second-order valence-electron chi connectivity index (χ2n) is 6.33. The summed E-state index contributed by atoms with van der Waals surface area (Å²) < 4.78 is 5.13. The maximum absolute atomic E-state index is 12.5. The van der Waals surface area contributed by atoms with Crippen molar-refractivity contribution in [2.45, 2.75) is 31.8 Å². The van der Waals surface area contributed by atoms with Crippen LogP contribution >= 0.6 is 0 Å². The van der Waals surface area contributed by atoms with Gasteiger partial charge < -0.3 is 10.1 Å². The van der Waals surface area contributed by atoms with E-state index in [4.69, 9.17) is 4.74 Å². The Bertz CT molecular complexity index is 666. The highest BCUT2D eigenvalue weighted by Crippen LogP contribution is 2.41.